The predicted octanol–water partition coefficient (Wildman–Crippen LogP) is 3.46. The van der Waals surface area contributed by atoms with E-state index >= 15 is 0 Å². The molecule has 0 unspecified atom stereocenters. The van der Waals surface area contributed by atoms with Gasteiger partial charge in [0, 0.05) is 17.7 Å². The first-order chi connectivity index (χ1) is 10.9. The van der Waals surface area contributed by atoms with Crippen molar-refractivity contribution in [3.8, 4) is 0 Å². The zero-order chi connectivity index (χ0) is 17.0. The van der Waals surface area contributed by atoms with Gasteiger partial charge in [-0.3, -0.25) is 15.5 Å². The largest absolute Gasteiger partial charge is 0.392 e. The van der Waals surface area contributed by atoms with E-state index in [1.165, 1.54) is 12.1 Å². The number of hydrogen-bond donors (Lipinski definition) is 2. The average molecular weight is 313 g/mol. The lowest BCUT2D eigenvalue weighted by Crippen LogP contribution is -2.02. The number of aliphatic hydroxyl groups is 1. The molecule has 0 spiro atoms. The highest BCUT2D eigenvalue weighted by Crippen LogP contribution is 2.21. The van der Waals surface area contributed by atoms with E-state index in [1.54, 1.807) is 18.3 Å². The fraction of sp³-hybridized carbons (Fsp3) is 0.235. The van der Waals surface area contributed by atoms with Gasteiger partial charge in [-0.05, 0) is 55.2 Å². The molecule has 0 heterocycles. The average Bonchev–Trinajstić information content (AvgIpc) is 2.51. The van der Waals surface area contributed by atoms with Gasteiger partial charge < -0.3 is 5.11 Å². The van der Waals surface area contributed by atoms with Crippen molar-refractivity contribution in [2.24, 2.45) is 5.10 Å². The second kappa shape index (κ2) is 7.02. The van der Waals surface area contributed by atoms with Gasteiger partial charge in [-0.25, -0.2) is 0 Å². The zero-order valence-corrected chi connectivity index (χ0v) is 13.3. The SMILES string of the molecule is Cc1cc(C)c(CO)c(C)c1/C=N\Nc1ccc([N+](=O)[O-])cc1. The molecule has 0 aliphatic carbocycles. The predicted molar refractivity (Wildman–Crippen MR) is 90.9 cm³/mol. The van der Waals surface area contributed by atoms with E-state index in [0.29, 0.717) is 5.69 Å². The molecule has 0 aliphatic heterocycles. The van der Waals surface area contributed by atoms with Gasteiger partial charge in [0.1, 0.15) is 0 Å². The number of hydrazone groups is 1. The summed E-state index contributed by atoms with van der Waals surface area (Å²) in [6, 6.07) is 8.06. The van der Waals surface area contributed by atoms with Crippen molar-refractivity contribution in [2.75, 3.05) is 5.43 Å². The molecule has 6 nitrogen and oxygen atoms in total. The first-order valence-electron chi connectivity index (χ1n) is 7.18. The Bertz CT molecular complexity index is 753. The lowest BCUT2D eigenvalue weighted by Gasteiger charge is -2.13. The fourth-order valence-electron chi connectivity index (χ4n) is 2.51. The van der Waals surface area contributed by atoms with Gasteiger partial charge in [0.05, 0.1) is 23.4 Å². The Balaban J connectivity index is 2.19. The number of aryl methyl sites for hydroxylation is 2. The molecular formula is C17H19N3O3. The third kappa shape index (κ3) is 3.73. The van der Waals surface area contributed by atoms with Gasteiger partial charge in [0.15, 0.2) is 0 Å². The van der Waals surface area contributed by atoms with Crippen LogP contribution in [0.1, 0.15) is 27.8 Å². The van der Waals surface area contributed by atoms with Crippen molar-refractivity contribution < 1.29 is 10.0 Å². The number of hydrogen-bond acceptors (Lipinski definition) is 5. The van der Waals surface area contributed by atoms with Gasteiger partial charge in [-0.1, -0.05) is 6.07 Å². The summed E-state index contributed by atoms with van der Waals surface area (Å²) >= 11 is 0. The number of nitro groups is 1. The van der Waals surface area contributed by atoms with E-state index in [0.717, 1.165) is 27.8 Å². The topological polar surface area (TPSA) is 87.8 Å². The second-order valence-electron chi connectivity index (χ2n) is 5.36. The number of aliphatic hydroxyl groups excluding tert-OH is 1. The molecule has 120 valence electrons. The van der Waals surface area contributed by atoms with Crippen LogP contribution in [0.3, 0.4) is 0 Å². The lowest BCUT2D eigenvalue weighted by atomic mass is 9.94. The molecule has 2 aromatic rings. The van der Waals surface area contributed by atoms with Gasteiger partial charge >= 0.3 is 0 Å². The van der Waals surface area contributed by atoms with Crippen LogP contribution in [0.4, 0.5) is 11.4 Å². The quantitative estimate of drug-likeness (QED) is 0.502. The molecule has 2 N–H and O–H groups in total. The number of nitro benzene ring substituents is 1. The van der Waals surface area contributed by atoms with E-state index < -0.39 is 4.92 Å². The number of rotatable bonds is 5. The first kappa shape index (κ1) is 16.6. The molecule has 0 aromatic heterocycles. The van der Waals surface area contributed by atoms with Crippen LogP contribution in [0.2, 0.25) is 0 Å². The Morgan fingerprint density at radius 3 is 2.43 bits per heavy atom. The van der Waals surface area contributed by atoms with Crippen LogP contribution in [0.25, 0.3) is 0 Å². The van der Waals surface area contributed by atoms with Crippen molar-refractivity contribution in [1.29, 1.82) is 0 Å². The van der Waals surface area contributed by atoms with Crippen molar-refractivity contribution in [3.05, 3.63) is 68.3 Å². The summed E-state index contributed by atoms with van der Waals surface area (Å²) in [5.74, 6) is 0. The summed E-state index contributed by atoms with van der Waals surface area (Å²) in [5.41, 5.74) is 8.55. The highest BCUT2D eigenvalue weighted by atomic mass is 16.6. The second-order valence-corrected chi connectivity index (χ2v) is 5.36. The van der Waals surface area contributed by atoms with Gasteiger partial charge in [-0.2, -0.15) is 5.10 Å². The molecule has 0 aliphatic rings. The molecule has 0 atom stereocenters. The minimum absolute atomic E-state index is 0.00539. The Morgan fingerprint density at radius 2 is 1.87 bits per heavy atom. The first-order valence-corrected chi connectivity index (χ1v) is 7.18. The maximum atomic E-state index is 10.6. The summed E-state index contributed by atoms with van der Waals surface area (Å²) < 4.78 is 0. The number of benzene rings is 2. The van der Waals surface area contributed by atoms with Crippen molar-refractivity contribution >= 4 is 17.6 Å². The van der Waals surface area contributed by atoms with Crippen molar-refractivity contribution in [2.45, 2.75) is 27.4 Å². The van der Waals surface area contributed by atoms with Crippen molar-refractivity contribution in [1.82, 2.24) is 0 Å². The minimum Gasteiger partial charge on any atom is -0.392 e. The number of anilines is 1. The molecular weight excluding hydrogens is 294 g/mol. The van der Waals surface area contributed by atoms with E-state index in [-0.39, 0.29) is 12.3 Å². The summed E-state index contributed by atoms with van der Waals surface area (Å²) in [6.45, 7) is 5.92. The smallest absolute Gasteiger partial charge is 0.269 e. The Kier molecular flexibility index (Phi) is 5.08. The van der Waals surface area contributed by atoms with Crippen LogP contribution < -0.4 is 5.43 Å². The summed E-state index contributed by atoms with van der Waals surface area (Å²) in [6.07, 6.45) is 1.70. The van der Waals surface area contributed by atoms with Crippen LogP contribution >= 0.6 is 0 Å². The highest BCUT2D eigenvalue weighted by molar-refractivity contribution is 5.85. The van der Waals surface area contributed by atoms with Crippen LogP contribution in [0.5, 0.6) is 0 Å². The Hall–Kier alpha value is -2.73. The Morgan fingerprint density at radius 1 is 1.22 bits per heavy atom. The molecule has 0 saturated heterocycles. The molecule has 0 fully saturated rings. The summed E-state index contributed by atoms with van der Waals surface area (Å²) in [5, 5.41) is 24.3. The maximum absolute atomic E-state index is 10.6. The minimum atomic E-state index is -0.442. The van der Waals surface area contributed by atoms with Gasteiger partial charge in [0.25, 0.3) is 5.69 Å². The zero-order valence-electron chi connectivity index (χ0n) is 13.3. The van der Waals surface area contributed by atoms with Gasteiger partial charge in [0.2, 0.25) is 0 Å². The Labute approximate surface area is 134 Å². The molecule has 0 amide bonds. The van der Waals surface area contributed by atoms with E-state index in [1.807, 2.05) is 26.8 Å². The van der Waals surface area contributed by atoms with Gasteiger partial charge in [-0.15, -0.1) is 0 Å². The molecule has 2 aromatic carbocycles. The molecule has 2 rings (SSSR count). The molecule has 6 heteroatoms. The third-order valence-electron chi connectivity index (χ3n) is 3.81. The van der Waals surface area contributed by atoms with E-state index in [9.17, 15) is 15.2 Å². The standard InChI is InChI=1S/C17H19N3O3/c1-11-8-12(2)17(10-21)13(3)16(11)9-18-19-14-4-6-15(7-5-14)20(22)23/h4-9,19,21H,10H2,1-3H3/b18-9-. The number of nitrogens with zero attached hydrogens (tertiary/aromatic N) is 2. The molecule has 0 saturated carbocycles. The summed E-state index contributed by atoms with van der Waals surface area (Å²) in [4.78, 5) is 10.2. The summed E-state index contributed by atoms with van der Waals surface area (Å²) in [7, 11) is 0. The van der Waals surface area contributed by atoms with Crippen LogP contribution in [-0.4, -0.2) is 16.2 Å². The van der Waals surface area contributed by atoms with E-state index in [4.69, 9.17) is 0 Å². The normalized spacial score (nSPS) is 11.0. The highest BCUT2D eigenvalue weighted by Gasteiger charge is 2.09. The molecule has 0 bridgehead atoms. The number of nitrogens with one attached hydrogen (secondary N) is 1. The van der Waals surface area contributed by atoms with Crippen LogP contribution in [-0.2, 0) is 6.61 Å². The maximum Gasteiger partial charge on any atom is 0.269 e. The van der Waals surface area contributed by atoms with E-state index in [2.05, 4.69) is 10.5 Å². The third-order valence-corrected chi connectivity index (χ3v) is 3.81. The molecule has 23 heavy (non-hydrogen) atoms. The monoisotopic (exact) mass is 313 g/mol. The van der Waals surface area contributed by atoms with Crippen LogP contribution in [0.15, 0.2) is 35.4 Å². The van der Waals surface area contributed by atoms with Crippen LogP contribution in [0, 0.1) is 30.9 Å². The molecule has 0 radical (unpaired) electrons. The fourth-order valence-corrected chi connectivity index (χ4v) is 2.51. The lowest BCUT2D eigenvalue weighted by molar-refractivity contribution is -0.384. The van der Waals surface area contributed by atoms with Crippen molar-refractivity contribution in [3.63, 3.8) is 0 Å². The number of non-ortho nitro benzene ring substituents is 1.